The van der Waals surface area contributed by atoms with E-state index in [2.05, 4.69) is 29.3 Å². The molecule has 1 aromatic carbocycles. The number of hydrogen-bond donors (Lipinski definition) is 2. The summed E-state index contributed by atoms with van der Waals surface area (Å²) in [5.74, 6) is 0. The van der Waals surface area contributed by atoms with E-state index in [4.69, 9.17) is 5.73 Å². The predicted octanol–water partition coefficient (Wildman–Crippen LogP) is 1.63. The first kappa shape index (κ1) is 11.3. The second-order valence-electron chi connectivity index (χ2n) is 4.33. The van der Waals surface area contributed by atoms with Gasteiger partial charge in [-0.15, -0.1) is 0 Å². The lowest BCUT2D eigenvalue weighted by atomic mass is 10.1. The minimum absolute atomic E-state index is 0.916. The van der Waals surface area contributed by atoms with Crippen LogP contribution in [0, 0.1) is 0 Å². The van der Waals surface area contributed by atoms with Gasteiger partial charge in [0, 0.05) is 31.0 Å². The van der Waals surface area contributed by atoms with Crippen LogP contribution in [0.1, 0.15) is 18.9 Å². The van der Waals surface area contributed by atoms with Crippen molar-refractivity contribution in [3.05, 3.63) is 23.8 Å². The van der Waals surface area contributed by atoms with Crippen molar-refractivity contribution in [2.24, 2.45) is 0 Å². The molecule has 2 rings (SSSR count). The van der Waals surface area contributed by atoms with E-state index in [1.807, 2.05) is 6.07 Å². The molecule has 0 aromatic heterocycles. The molecule has 16 heavy (non-hydrogen) atoms. The first-order valence-electron chi connectivity index (χ1n) is 6.15. The van der Waals surface area contributed by atoms with Crippen molar-refractivity contribution in [2.45, 2.75) is 19.8 Å². The van der Waals surface area contributed by atoms with Crippen LogP contribution >= 0.6 is 0 Å². The predicted molar refractivity (Wildman–Crippen MR) is 69.9 cm³/mol. The van der Waals surface area contributed by atoms with Gasteiger partial charge in [0.1, 0.15) is 0 Å². The van der Waals surface area contributed by atoms with E-state index in [0.29, 0.717) is 0 Å². The SMILES string of the molecule is CCc1cc(N2CCCNCC2)ccc1N. The largest absolute Gasteiger partial charge is 0.399 e. The van der Waals surface area contributed by atoms with E-state index in [9.17, 15) is 0 Å². The molecule has 0 bridgehead atoms. The summed E-state index contributed by atoms with van der Waals surface area (Å²) in [5.41, 5.74) is 9.42. The van der Waals surface area contributed by atoms with Crippen molar-refractivity contribution < 1.29 is 0 Å². The van der Waals surface area contributed by atoms with Crippen molar-refractivity contribution >= 4 is 11.4 Å². The number of nitrogens with zero attached hydrogens (tertiary/aromatic N) is 1. The van der Waals surface area contributed by atoms with Gasteiger partial charge in [0.05, 0.1) is 0 Å². The summed E-state index contributed by atoms with van der Waals surface area (Å²) < 4.78 is 0. The van der Waals surface area contributed by atoms with Crippen LogP contribution in [-0.4, -0.2) is 26.2 Å². The summed E-state index contributed by atoms with van der Waals surface area (Å²) >= 11 is 0. The summed E-state index contributed by atoms with van der Waals surface area (Å²) in [6, 6.07) is 6.41. The van der Waals surface area contributed by atoms with Crippen LogP contribution in [0.5, 0.6) is 0 Å². The number of nitrogens with two attached hydrogens (primary N) is 1. The van der Waals surface area contributed by atoms with Crippen LogP contribution in [-0.2, 0) is 6.42 Å². The summed E-state index contributed by atoms with van der Waals surface area (Å²) in [5, 5.41) is 3.42. The van der Waals surface area contributed by atoms with Crippen LogP contribution in [0.15, 0.2) is 18.2 Å². The fraction of sp³-hybridized carbons (Fsp3) is 0.538. The molecule has 0 spiro atoms. The summed E-state index contributed by atoms with van der Waals surface area (Å²) in [6.45, 7) is 6.59. The van der Waals surface area contributed by atoms with Crippen LogP contribution in [0.25, 0.3) is 0 Å². The molecule has 1 saturated heterocycles. The topological polar surface area (TPSA) is 41.3 Å². The van der Waals surface area contributed by atoms with Gasteiger partial charge in [-0.2, -0.15) is 0 Å². The van der Waals surface area contributed by atoms with Gasteiger partial charge in [-0.25, -0.2) is 0 Å². The second kappa shape index (κ2) is 5.21. The average molecular weight is 219 g/mol. The Morgan fingerprint density at radius 1 is 1.31 bits per heavy atom. The highest BCUT2D eigenvalue weighted by Gasteiger charge is 2.10. The zero-order valence-corrected chi connectivity index (χ0v) is 10.00. The Morgan fingerprint density at radius 3 is 3.00 bits per heavy atom. The minimum Gasteiger partial charge on any atom is -0.399 e. The third-order valence-electron chi connectivity index (χ3n) is 3.21. The summed E-state index contributed by atoms with van der Waals surface area (Å²) in [4.78, 5) is 2.44. The molecule has 0 radical (unpaired) electrons. The van der Waals surface area contributed by atoms with Crippen molar-refractivity contribution in [1.82, 2.24) is 5.32 Å². The van der Waals surface area contributed by atoms with Crippen LogP contribution in [0.2, 0.25) is 0 Å². The van der Waals surface area contributed by atoms with Gasteiger partial charge >= 0.3 is 0 Å². The van der Waals surface area contributed by atoms with E-state index in [0.717, 1.165) is 38.3 Å². The Balaban J connectivity index is 2.18. The van der Waals surface area contributed by atoms with Gasteiger partial charge in [0.15, 0.2) is 0 Å². The van der Waals surface area contributed by atoms with Gasteiger partial charge in [0.25, 0.3) is 0 Å². The zero-order chi connectivity index (χ0) is 11.4. The van der Waals surface area contributed by atoms with Crippen LogP contribution in [0.4, 0.5) is 11.4 Å². The highest BCUT2D eigenvalue weighted by Crippen LogP contribution is 2.22. The molecule has 3 N–H and O–H groups in total. The van der Waals surface area contributed by atoms with Crippen LogP contribution < -0.4 is 16.0 Å². The van der Waals surface area contributed by atoms with E-state index < -0.39 is 0 Å². The molecular weight excluding hydrogens is 198 g/mol. The number of hydrogen-bond acceptors (Lipinski definition) is 3. The molecule has 3 heteroatoms. The standard InChI is InChI=1S/C13H21N3/c1-2-11-10-12(4-5-13(11)14)16-8-3-6-15-7-9-16/h4-5,10,15H,2-3,6-9,14H2,1H3. The number of aryl methyl sites for hydroxylation is 1. The fourth-order valence-corrected chi connectivity index (χ4v) is 2.20. The third-order valence-corrected chi connectivity index (χ3v) is 3.21. The Morgan fingerprint density at radius 2 is 2.19 bits per heavy atom. The van der Waals surface area contributed by atoms with E-state index in [1.54, 1.807) is 0 Å². The molecule has 1 heterocycles. The fourth-order valence-electron chi connectivity index (χ4n) is 2.20. The zero-order valence-electron chi connectivity index (χ0n) is 10.00. The average Bonchev–Trinajstić information content (AvgIpc) is 2.58. The molecule has 0 saturated carbocycles. The van der Waals surface area contributed by atoms with Crippen molar-refractivity contribution in [1.29, 1.82) is 0 Å². The van der Waals surface area contributed by atoms with Gasteiger partial charge in [-0.1, -0.05) is 6.92 Å². The molecule has 0 atom stereocenters. The smallest absolute Gasteiger partial charge is 0.0370 e. The van der Waals surface area contributed by atoms with Gasteiger partial charge < -0.3 is 16.0 Å². The number of nitrogens with one attached hydrogen (secondary N) is 1. The van der Waals surface area contributed by atoms with E-state index in [-0.39, 0.29) is 0 Å². The first-order valence-corrected chi connectivity index (χ1v) is 6.15. The third kappa shape index (κ3) is 2.47. The molecule has 0 amide bonds. The lowest BCUT2D eigenvalue weighted by Crippen LogP contribution is -2.27. The quantitative estimate of drug-likeness (QED) is 0.743. The minimum atomic E-state index is 0.916. The lowest BCUT2D eigenvalue weighted by molar-refractivity contribution is 0.724. The summed E-state index contributed by atoms with van der Waals surface area (Å²) in [6.07, 6.45) is 2.22. The van der Waals surface area contributed by atoms with Crippen LogP contribution in [0.3, 0.4) is 0 Å². The summed E-state index contributed by atoms with van der Waals surface area (Å²) in [7, 11) is 0. The Labute approximate surface area is 97.6 Å². The van der Waals surface area contributed by atoms with Crippen molar-refractivity contribution in [3.63, 3.8) is 0 Å². The Kier molecular flexibility index (Phi) is 3.67. The molecule has 1 fully saturated rings. The Bertz CT molecular complexity index is 341. The molecule has 1 aliphatic rings. The highest BCUT2D eigenvalue weighted by atomic mass is 15.2. The van der Waals surface area contributed by atoms with Gasteiger partial charge in [-0.3, -0.25) is 0 Å². The van der Waals surface area contributed by atoms with E-state index >= 15 is 0 Å². The molecule has 1 aliphatic heterocycles. The molecule has 0 aliphatic carbocycles. The number of anilines is 2. The molecule has 0 unspecified atom stereocenters. The molecule has 88 valence electrons. The van der Waals surface area contributed by atoms with E-state index in [1.165, 1.54) is 17.7 Å². The molecular formula is C13H21N3. The second-order valence-corrected chi connectivity index (χ2v) is 4.33. The number of benzene rings is 1. The van der Waals surface area contributed by atoms with Crippen molar-refractivity contribution in [3.8, 4) is 0 Å². The number of nitrogen functional groups attached to an aromatic ring is 1. The monoisotopic (exact) mass is 219 g/mol. The maximum absolute atomic E-state index is 5.93. The van der Waals surface area contributed by atoms with Crippen molar-refractivity contribution in [2.75, 3.05) is 36.8 Å². The first-order chi connectivity index (χ1) is 7.81. The Hall–Kier alpha value is -1.22. The molecule has 3 nitrogen and oxygen atoms in total. The normalized spacial score (nSPS) is 17.2. The van der Waals surface area contributed by atoms with Gasteiger partial charge in [-0.05, 0) is 43.1 Å². The maximum Gasteiger partial charge on any atom is 0.0370 e. The number of rotatable bonds is 2. The van der Waals surface area contributed by atoms with Gasteiger partial charge in [0.2, 0.25) is 0 Å². The maximum atomic E-state index is 5.93. The highest BCUT2D eigenvalue weighted by molar-refractivity contribution is 5.58. The lowest BCUT2D eigenvalue weighted by Gasteiger charge is -2.23. The molecule has 1 aromatic rings.